The van der Waals surface area contributed by atoms with Crippen LogP contribution in [0.1, 0.15) is 22.5 Å². The fourth-order valence-corrected chi connectivity index (χ4v) is 4.80. The average molecular weight is 687 g/mol. The van der Waals surface area contributed by atoms with Gasteiger partial charge in [0.05, 0.1) is 34.5 Å². The number of benzene rings is 2. The van der Waals surface area contributed by atoms with Gasteiger partial charge in [0, 0.05) is 16.1 Å². The molecule has 208 valence electrons. The first kappa shape index (κ1) is 28.4. The second kappa shape index (κ2) is 11.8. The molecule has 1 atom stereocenters. The van der Waals surface area contributed by atoms with Crippen LogP contribution in [0.25, 0.3) is 33.4 Å². The standard InChI is InChI=1S/C14H11BrFN3O2.C13H8BrFN4O/c1-21-14(20)12-11-6-9(16)7-17-13(11)19(18-12)10-4-2-3-8(15)5-10;14-7-2-1-3-9(4-7)19-13-10(5-8(15)6-17-13)11(18-19)12(16)20/h2-7,14,20H,1H3;1-6H,(H2,16,20). The minimum Gasteiger partial charge on any atom is -0.364 e. The van der Waals surface area contributed by atoms with Crippen molar-refractivity contribution < 1.29 is 23.4 Å². The number of methoxy groups -OCH3 is 1. The van der Waals surface area contributed by atoms with Crippen LogP contribution in [0.15, 0.2) is 82.0 Å². The quantitative estimate of drug-likeness (QED) is 0.233. The molecule has 4 aromatic heterocycles. The van der Waals surface area contributed by atoms with E-state index in [0.717, 1.165) is 27.0 Å². The van der Waals surface area contributed by atoms with E-state index in [-0.39, 0.29) is 16.8 Å². The molecule has 1 unspecified atom stereocenters. The molecule has 0 spiro atoms. The van der Waals surface area contributed by atoms with E-state index in [2.05, 4.69) is 52.0 Å². The van der Waals surface area contributed by atoms with Crippen LogP contribution in [-0.2, 0) is 4.74 Å². The molecule has 0 saturated heterocycles. The van der Waals surface area contributed by atoms with Gasteiger partial charge in [0.1, 0.15) is 17.3 Å². The van der Waals surface area contributed by atoms with Crippen LogP contribution in [0.5, 0.6) is 0 Å². The molecule has 10 nitrogen and oxygen atoms in total. The Labute approximate surface area is 247 Å². The van der Waals surface area contributed by atoms with Crippen LogP contribution in [0.2, 0.25) is 0 Å². The van der Waals surface area contributed by atoms with Crippen molar-refractivity contribution >= 4 is 59.8 Å². The number of nitrogens with two attached hydrogens (primary N) is 1. The molecule has 3 N–H and O–H groups in total. The second-order valence-corrected chi connectivity index (χ2v) is 10.4. The molecule has 0 radical (unpaired) electrons. The van der Waals surface area contributed by atoms with Crippen LogP contribution in [-0.4, -0.2) is 47.7 Å². The topological polar surface area (TPSA) is 134 Å². The number of primary amides is 1. The molecule has 0 saturated carbocycles. The maximum atomic E-state index is 13.4. The summed E-state index contributed by atoms with van der Waals surface area (Å²) >= 11 is 6.75. The first-order valence-electron chi connectivity index (χ1n) is 11.8. The number of rotatable bonds is 5. The number of carbonyl (C=O) groups excluding carboxylic acids is 1. The number of hydrogen-bond donors (Lipinski definition) is 2. The Morgan fingerprint density at radius 1 is 0.878 bits per heavy atom. The van der Waals surface area contributed by atoms with Gasteiger partial charge in [-0.3, -0.25) is 4.79 Å². The Bertz CT molecular complexity index is 1910. The highest BCUT2D eigenvalue weighted by atomic mass is 79.9. The maximum Gasteiger partial charge on any atom is 0.269 e. The molecule has 41 heavy (non-hydrogen) atoms. The lowest BCUT2D eigenvalue weighted by Crippen LogP contribution is -2.12. The predicted octanol–water partition coefficient (Wildman–Crippen LogP) is 5.38. The van der Waals surface area contributed by atoms with E-state index >= 15 is 0 Å². The van der Waals surface area contributed by atoms with Crippen molar-refractivity contribution in [1.29, 1.82) is 0 Å². The van der Waals surface area contributed by atoms with E-state index in [1.807, 2.05) is 42.5 Å². The Hall–Kier alpha value is -4.11. The molecule has 0 aliphatic carbocycles. The number of nitrogens with zero attached hydrogens (tertiary/aromatic N) is 6. The molecular weight excluding hydrogens is 668 g/mol. The van der Waals surface area contributed by atoms with Crippen molar-refractivity contribution in [2.75, 3.05) is 7.11 Å². The molecule has 1 amide bonds. The second-order valence-electron chi connectivity index (χ2n) is 8.52. The highest BCUT2D eigenvalue weighted by Gasteiger charge is 2.20. The summed E-state index contributed by atoms with van der Waals surface area (Å²) in [5.74, 6) is -1.77. The van der Waals surface area contributed by atoms with Crippen molar-refractivity contribution in [3.05, 3.63) is 105 Å². The monoisotopic (exact) mass is 685 g/mol. The summed E-state index contributed by atoms with van der Waals surface area (Å²) in [6, 6.07) is 17.2. The SMILES string of the molecule is COC(O)c1nn(-c2cccc(Br)c2)c2ncc(F)cc12.NC(=O)c1nn(-c2cccc(Br)c2)c2ncc(F)cc12. The summed E-state index contributed by atoms with van der Waals surface area (Å²) in [6.45, 7) is 0. The fourth-order valence-electron chi connectivity index (χ4n) is 4.03. The zero-order valence-electron chi connectivity index (χ0n) is 21.0. The average Bonchev–Trinajstić information content (AvgIpc) is 3.51. The number of fused-ring (bicyclic) bond motifs is 2. The van der Waals surface area contributed by atoms with E-state index in [9.17, 15) is 18.7 Å². The highest BCUT2D eigenvalue weighted by molar-refractivity contribution is 9.10. The van der Waals surface area contributed by atoms with Gasteiger partial charge in [-0.05, 0) is 48.5 Å². The van der Waals surface area contributed by atoms with Gasteiger partial charge >= 0.3 is 0 Å². The van der Waals surface area contributed by atoms with Gasteiger partial charge in [-0.1, -0.05) is 44.0 Å². The zero-order chi connectivity index (χ0) is 29.3. The number of aliphatic hydroxyl groups is 1. The Balaban J connectivity index is 0.000000165. The summed E-state index contributed by atoms with van der Waals surface area (Å²) in [5, 5.41) is 19.0. The summed E-state index contributed by atoms with van der Waals surface area (Å²) in [5.41, 5.74) is 7.74. The number of halogens is 4. The molecule has 6 rings (SSSR count). The van der Waals surface area contributed by atoms with Crippen molar-refractivity contribution in [3.63, 3.8) is 0 Å². The van der Waals surface area contributed by atoms with E-state index in [4.69, 9.17) is 10.5 Å². The van der Waals surface area contributed by atoms with Gasteiger partial charge in [-0.2, -0.15) is 10.2 Å². The molecule has 2 aromatic carbocycles. The zero-order valence-corrected chi connectivity index (χ0v) is 24.2. The molecule has 6 aromatic rings. The smallest absolute Gasteiger partial charge is 0.269 e. The van der Waals surface area contributed by atoms with Gasteiger partial charge in [0.2, 0.25) is 6.29 Å². The fraction of sp³-hybridized carbons (Fsp3) is 0.0741. The van der Waals surface area contributed by atoms with Crippen LogP contribution in [0.3, 0.4) is 0 Å². The molecule has 0 aliphatic heterocycles. The van der Waals surface area contributed by atoms with Gasteiger partial charge < -0.3 is 15.6 Å². The number of ether oxygens (including phenoxy) is 1. The third-order valence-corrected chi connectivity index (χ3v) is 6.79. The first-order valence-corrected chi connectivity index (χ1v) is 13.4. The predicted molar refractivity (Wildman–Crippen MR) is 154 cm³/mol. The summed E-state index contributed by atoms with van der Waals surface area (Å²) < 4.78 is 36.3. The molecule has 0 aliphatic rings. The summed E-state index contributed by atoms with van der Waals surface area (Å²) in [4.78, 5) is 19.5. The number of hydrogen-bond acceptors (Lipinski definition) is 7. The number of pyridine rings is 2. The third kappa shape index (κ3) is 5.86. The lowest BCUT2D eigenvalue weighted by atomic mass is 10.2. The number of carbonyl (C=O) groups is 1. The summed E-state index contributed by atoms with van der Waals surface area (Å²) in [6.07, 6.45) is 0.939. The van der Waals surface area contributed by atoms with E-state index in [1.165, 1.54) is 28.6 Å². The van der Waals surface area contributed by atoms with Gasteiger partial charge in [-0.25, -0.2) is 28.1 Å². The van der Waals surface area contributed by atoms with Crippen molar-refractivity contribution in [2.24, 2.45) is 5.73 Å². The Morgan fingerprint density at radius 3 is 1.90 bits per heavy atom. The lowest BCUT2D eigenvalue weighted by molar-refractivity contribution is -0.0790. The maximum absolute atomic E-state index is 13.4. The molecule has 0 bridgehead atoms. The number of aliphatic hydroxyl groups excluding tert-OH is 1. The minimum absolute atomic E-state index is 0.00743. The van der Waals surface area contributed by atoms with Crippen LogP contribution in [0, 0.1) is 11.6 Å². The van der Waals surface area contributed by atoms with Crippen molar-refractivity contribution in [2.45, 2.75) is 6.29 Å². The largest absolute Gasteiger partial charge is 0.364 e. The highest BCUT2D eigenvalue weighted by Crippen LogP contribution is 2.27. The molecule has 0 fully saturated rings. The van der Waals surface area contributed by atoms with Crippen molar-refractivity contribution in [1.82, 2.24) is 29.5 Å². The van der Waals surface area contributed by atoms with Gasteiger partial charge in [-0.15, -0.1) is 0 Å². The Morgan fingerprint density at radius 2 is 1.39 bits per heavy atom. The first-order chi connectivity index (χ1) is 19.7. The van der Waals surface area contributed by atoms with Crippen molar-refractivity contribution in [3.8, 4) is 11.4 Å². The minimum atomic E-state index is -1.25. The molecule has 14 heteroatoms. The van der Waals surface area contributed by atoms with E-state index in [1.54, 1.807) is 6.07 Å². The Kier molecular flexibility index (Phi) is 8.17. The van der Waals surface area contributed by atoms with E-state index < -0.39 is 23.8 Å². The summed E-state index contributed by atoms with van der Waals surface area (Å²) in [7, 11) is 1.35. The van der Waals surface area contributed by atoms with Crippen LogP contribution < -0.4 is 5.73 Å². The van der Waals surface area contributed by atoms with Gasteiger partial charge in [0.25, 0.3) is 5.91 Å². The van der Waals surface area contributed by atoms with Gasteiger partial charge in [0.15, 0.2) is 17.0 Å². The normalized spacial score (nSPS) is 11.9. The van der Waals surface area contributed by atoms with E-state index in [0.29, 0.717) is 22.4 Å². The van der Waals surface area contributed by atoms with Crippen LogP contribution in [0.4, 0.5) is 8.78 Å². The number of aromatic nitrogens is 6. The van der Waals surface area contributed by atoms with Crippen LogP contribution >= 0.6 is 31.9 Å². The third-order valence-electron chi connectivity index (χ3n) is 5.80. The molecular formula is C27H19Br2F2N7O3. The lowest BCUT2D eigenvalue weighted by Gasteiger charge is -2.04. The molecule has 4 heterocycles. The number of amides is 1.